The Bertz CT molecular complexity index is 1040. The highest BCUT2D eigenvalue weighted by atomic mass is 14.8. The number of aromatic nitrogens is 3. The highest BCUT2D eigenvalue weighted by Crippen LogP contribution is 2.33. The Hall–Kier alpha value is -3.33. The fourth-order valence-corrected chi connectivity index (χ4v) is 3.23. The molecule has 27 heavy (non-hydrogen) atoms. The van der Waals surface area contributed by atoms with Gasteiger partial charge in [0.1, 0.15) is 5.69 Å². The van der Waals surface area contributed by atoms with Crippen LogP contribution >= 0.6 is 0 Å². The standard InChI is InChI=1S/C24H21N3/c1-24(2,19-10-4-3-5-11-19)20-12-8-9-18(15-20)22-16-25-17-23(27-22)21-13-6-7-14-26-21/h3-17H,1-2H3. The molecule has 2 heterocycles. The van der Waals surface area contributed by atoms with Crippen LogP contribution in [-0.4, -0.2) is 15.0 Å². The first-order valence-electron chi connectivity index (χ1n) is 9.04. The molecule has 4 rings (SSSR count). The molecule has 0 bridgehead atoms. The third kappa shape index (κ3) is 3.49. The molecule has 0 unspecified atom stereocenters. The van der Waals surface area contributed by atoms with Crippen LogP contribution in [0, 0.1) is 0 Å². The average molecular weight is 351 g/mol. The molecule has 132 valence electrons. The maximum atomic E-state index is 4.78. The number of hydrogen-bond acceptors (Lipinski definition) is 3. The summed E-state index contributed by atoms with van der Waals surface area (Å²) < 4.78 is 0. The molecule has 0 N–H and O–H groups in total. The van der Waals surface area contributed by atoms with E-state index in [-0.39, 0.29) is 5.41 Å². The zero-order valence-electron chi connectivity index (χ0n) is 15.5. The average Bonchev–Trinajstić information content (AvgIpc) is 2.75. The minimum absolute atomic E-state index is 0.0940. The van der Waals surface area contributed by atoms with E-state index in [0.29, 0.717) is 0 Å². The molecular formula is C24H21N3. The number of benzene rings is 2. The summed E-state index contributed by atoms with van der Waals surface area (Å²) >= 11 is 0. The lowest BCUT2D eigenvalue weighted by Gasteiger charge is -2.26. The minimum Gasteiger partial charge on any atom is -0.260 e. The molecule has 3 nitrogen and oxygen atoms in total. The second-order valence-corrected chi connectivity index (χ2v) is 7.08. The summed E-state index contributed by atoms with van der Waals surface area (Å²) in [5.41, 5.74) is 5.95. The van der Waals surface area contributed by atoms with Gasteiger partial charge in [-0.15, -0.1) is 0 Å². The van der Waals surface area contributed by atoms with Gasteiger partial charge < -0.3 is 0 Å². The van der Waals surface area contributed by atoms with Crippen LogP contribution in [0.2, 0.25) is 0 Å². The van der Waals surface area contributed by atoms with Gasteiger partial charge in [-0.2, -0.15) is 0 Å². The number of rotatable bonds is 4. The van der Waals surface area contributed by atoms with Gasteiger partial charge >= 0.3 is 0 Å². The van der Waals surface area contributed by atoms with Crippen molar-refractivity contribution in [3.05, 3.63) is 103 Å². The first-order valence-corrected chi connectivity index (χ1v) is 9.04. The normalized spacial score (nSPS) is 11.3. The summed E-state index contributed by atoms with van der Waals surface area (Å²) in [6, 6.07) is 24.9. The molecule has 2 aromatic heterocycles. The van der Waals surface area contributed by atoms with Crippen LogP contribution in [0.1, 0.15) is 25.0 Å². The fraction of sp³-hybridized carbons (Fsp3) is 0.125. The van der Waals surface area contributed by atoms with Gasteiger partial charge in [0.05, 0.1) is 23.8 Å². The first-order chi connectivity index (χ1) is 13.1. The lowest BCUT2D eigenvalue weighted by Crippen LogP contribution is -2.18. The number of pyridine rings is 1. The molecule has 0 spiro atoms. The van der Waals surface area contributed by atoms with Gasteiger partial charge in [-0.25, -0.2) is 4.98 Å². The largest absolute Gasteiger partial charge is 0.260 e. The summed E-state index contributed by atoms with van der Waals surface area (Å²) in [5.74, 6) is 0. The van der Waals surface area contributed by atoms with Crippen LogP contribution in [0.5, 0.6) is 0 Å². The van der Waals surface area contributed by atoms with Gasteiger partial charge in [0.25, 0.3) is 0 Å². The van der Waals surface area contributed by atoms with Crippen LogP contribution in [0.3, 0.4) is 0 Å². The van der Waals surface area contributed by atoms with E-state index in [1.165, 1.54) is 11.1 Å². The van der Waals surface area contributed by atoms with Crippen molar-refractivity contribution in [2.45, 2.75) is 19.3 Å². The van der Waals surface area contributed by atoms with Crippen LogP contribution in [-0.2, 0) is 5.41 Å². The Morgan fingerprint density at radius 1 is 0.667 bits per heavy atom. The summed E-state index contributed by atoms with van der Waals surface area (Å²) in [5, 5.41) is 0. The fourth-order valence-electron chi connectivity index (χ4n) is 3.23. The van der Waals surface area contributed by atoms with E-state index in [4.69, 9.17) is 4.98 Å². The van der Waals surface area contributed by atoms with E-state index < -0.39 is 0 Å². The van der Waals surface area contributed by atoms with Gasteiger partial charge in [-0.1, -0.05) is 68.4 Å². The van der Waals surface area contributed by atoms with Crippen molar-refractivity contribution >= 4 is 0 Å². The van der Waals surface area contributed by atoms with Crippen molar-refractivity contribution in [3.8, 4) is 22.6 Å². The van der Waals surface area contributed by atoms with Crippen molar-refractivity contribution in [1.29, 1.82) is 0 Å². The van der Waals surface area contributed by atoms with Crippen LogP contribution in [0.15, 0.2) is 91.4 Å². The molecule has 2 aromatic carbocycles. The Kier molecular flexibility index (Phi) is 4.51. The summed E-state index contributed by atoms with van der Waals surface area (Å²) in [4.78, 5) is 13.5. The van der Waals surface area contributed by atoms with Crippen molar-refractivity contribution in [2.75, 3.05) is 0 Å². The lowest BCUT2D eigenvalue weighted by atomic mass is 9.77. The quantitative estimate of drug-likeness (QED) is 0.485. The maximum absolute atomic E-state index is 4.78. The van der Waals surface area contributed by atoms with E-state index in [1.54, 1.807) is 18.6 Å². The van der Waals surface area contributed by atoms with Crippen molar-refractivity contribution in [1.82, 2.24) is 15.0 Å². The summed E-state index contributed by atoms with van der Waals surface area (Å²) in [7, 11) is 0. The van der Waals surface area contributed by atoms with Crippen LogP contribution < -0.4 is 0 Å². The van der Waals surface area contributed by atoms with Gasteiger partial charge in [0, 0.05) is 17.2 Å². The smallest absolute Gasteiger partial charge is 0.108 e. The molecule has 0 aliphatic carbocycles. The molecule has 0 radical (unpaired) electrons. The van der Waals surface area contributed by atoms with E-state index in [9.17, 15) is 0 Å². The SMILES string of the molecule is CC(C)(c1ccccc1)c1cccc(-c2cncc(-c3ccccn3)n2)c1. The molecule has 0 aliphatic heterocycles. The van der Waals surface area contributed by atoms with Gasteiger partial charge in [0.15, 0.2) is 0 Å². The molecular weight excluding hydrogens is 330 g/mol. The van der Waals surface area contributed by atoms with E-state index in [0.717, 1.165) is 22.6 Å². The van der Waals surface area contributed by atoms with Gasteiger partial charge in [0.2, 0.25) is 0 Å². The predicted molar refractivity (Wildman–Crippen MR) is 109 cm³/mol. The Labute approximate surface area is 159 Å². The zero-order chi connectivity index (χ0) is 18.7. The van der Waals surface area contributed by atoms with Gasteiger partial charge in [-0.3, -0.25) is 9.97 Å². The summed E-state index contributed by atoms with van der Waals surface area (Å²) in [6.07, 6.45) is 5.33. The van der Waals surface area contributed by atoms with Crippen LogP contribution in [0.4, 0.5) is 0 Å². The first kappa shape index (κ1) is 17.1. The molecule has 0 atom stereocenters. The molecule has 0 saturated heterocycles. The molecule has 3 heteroatoms. The van der Waals surface area contributed by atoms with Crippen molar-refractivity contribution in [3.63, 3.8) is 0 Å². The van der Waals surface area contributed by atoms with Crippen molar-refractivity contribution in [2.24, 2.45) is 0 Å². The molecule has 4 aromatic rings. The summed E-state index contributed by atoms with van der Waals surface area (Å²) in [6.45, 7) is 4.49. The van der Waals surface area contributed by atoms with Gasteiger partial charge in [-0.05, 0) is 29.3 Å². The maximum Gasteiger partial charge on any atom is 0.108 e. The topological polar surface area (TPSA) is 38.7 Å². The third-order valence-corrected chi connectivity index (χ3v) is 4.94. The molecule has 0 fully saturated rings. The highest BCUT2D eigenvalue weighted by Gasteiger charge is 2.23. The second kappa shape index (κ2) is 7.12. The minimum atomic E-state index is -0.0940. The Morgan fingerprint density at radius 3 is 2.19 bits per heavy atom. The Morgan fingerprint density at radius 2 is 1.41 bits per heavy atom. The zero-order valence-corrected chi connectivity index (χ0v) is 15.5. The van der Waals surface area contributed by atoms with Crippen LogP contribution in [0.25, 0.3) is 22.6 Å². The molecule has 0 saturated carbocycles. The highest BCUT2D eigenvalue weighted by molar-refractivity contribution is 5.64. The molecule has 0 aliphatic rings. The Balaban J connectivity index is 1.74. The molecule has 0 amide bonds. The predicted octanol–water partition coefficient (Wildman–Crippen LogP) is 5.53. The lowest BCUT2D eigenvalue weighted by molar-refractivity contribution is 0.641. The van der Waals surface area contributed by atoms with E-state index in [1.807, 2.05) is 18.2 Å². The van der Waals surface area contributed by atoms with E-state index in [2.05, 4.69) is 78.4 Å². The third-order valence-electron chi connectivity index (χ3n) is 4.94. The number of nitrogens with zero attached hydrogens (tertiary/aromatic N) is 3. The van der Waals surface area contributed by atoms with Crippen molar-refractivity contribution < 1.29 is 0 Å². The van der Waals surface area contributed by atoms with E-state index >= 15 is 0 Å². The second-order valence-electron chi connectivity index (χ2n) is 7.08. The monoisotopic (exact) mass is 351 g/mol. The number of hydrogen-bond donors (Lipinski definition) is 0.